The number of benzene rings is 1. The summed E-state index contributed by atoms with van der Waals surface area (Å²) < 4.78 is 18.6. The van der Waals surface area contributed by atoms with Gasteiger partial charge in [0.1, 0.15) is 5.82 Å². The molecule has 0 unspecified atom stereocenters. The van der Waals surface area contributed by atoms with Crippen molar-refractivity contribution in [3.63, 3.8) is 0 Å². The molecule has 0 radical (unpaired) electrons. The predicted octanol–water partition coefficient (Wildman–Crippen LogP) is 1.54. The lowest BCUT2D eigenvalue weighted by Crippen LogP contribution is -2.54. The Bertz CT molecular complexity index is 391. The molecule has 94 valence electrons. The van der Waals surface area contributed by atoms with Crippen LogP contribution in [0.2, 0.25) is 5.02 Å². The predicted molar refractivity (Wildman–Crippen MR) is 65.4 cm³/mol. The molecule has 1 saturated heterocycles. The third-order valence-electron chi connectivity index (χ3n) is 3.07. The van der Waals surface area contributed by atoms with Crippen LogP contribution < -0.4 is 11.1 Å². The van der Waals surface area contributed by atoms with Crippen LogP contribution in [0, 0.1) is 11.2 Å². The number of ether oxygens (including phenoxy) is 1. The van der Waals surface area contributed by atoms with E-state index in [1.54, 1.807) is 12.1 Å². The second kappa shape index (κ2) is 5.31. The summed E-state index contributed by atoms with van der Waals surface area (Å²) in [5.41, 5.74) is 6.28. The molecule has 5 heteroatoms. The van der Waals surface area contributed by atoms with Crippen LogP contribution in [-0.4, -0.2) is 26.3 Å². The average molecular weight is 259 g/mol. The molecule has 0 spiro atoms. The Labute approximate surface area is 105 Å². The number of nitrogens with one attached hydrogen (secondary N) is 1. The van der Waals surface area contributed by atoms with Crippen LogP contribution in [0.4, 0.5) is 4.39 Å². The third kappa shape index (κ3) is 2.96. The highest BCUT2D eigenvalue weighted by Gasteiger charge is 2.36. The molecular formula is C12H16ClFN2O. The summed E-state index contributed by atoms with van der Waals surface area (Å²) in [5.74, 6) is -0.242. The summed E-state index contributed by atoms with van der Waals surface area (Å²) in [6, 6.07) is 4.56. The van der Waals surface area contributed by atoms with Gasteiger partial charge in [-0.25, -0.2) is 4.39 Å². The van der Waals surface area contributed by atoms with Crippen molar-refractivity contribution >= 4 is 11.6 Å². The summed E-state index contributed by atoms with van der Waals surface area (Å²) >= 11 is 5.82. The summed E-state index contributed by atoms with van der Waals surface area (Å²) in [7, 11) is 0. The van der Waals surface area contributed by atoms with E-state index in [0.717, 1.165) is 6.54 Å². The summed E-state index contributed by atoms with van der Waals surface area (Å²) in [5, 5.41) is 3.75. The van der Waals surface area contributed by atoms with E-state index in [-0.39, 0.29) is 11.2 Å². The van der Waals surface area contributed by atoms with Crippen LogP contribution in [-0.2, 0) is 11.3 Å². The molecule has 17 heavy (non-hydrogen) atoms. The van der Waals surface area contributed by atoms with Crippen molar-refractivity contribution in [2.45, 2.75) is 6.54 Å². The highest BCUT2D eigenvalue weighted by molar-refractivity contribution is 6.30. The Hall–Kier alpha value is -0.680. The fourth-order valence-corrected chi connectivity index (χ4v) is 2.02. The van der Waals surface area contributed by atoms with E-state index in [9.17, 15) is 4.39 Å². The van der Waals surface area contributed by atoms with Crippen LogP contribution in [0.1, 0.15) is 5.56 Å². The fraction of sp³-hybridized carbons (Fsp3) is 0.500. The third-order valence-corrected chi connectivity index (χ3v) is 3.31. The van der Waals surface area contributed by atoms with Crippen molar-refractivity contribution in [1.29, 1.82) is 0 Å². The summed E-state index contributed by atoms with van der Waals surface area (Å²) in [6.07, 6.45) is 0. The van der Waals surface area contributed by atoms with Gasteiger partial charge in [0.2, 0.25) is 0 Å². The van der Waals surface area contributed by atoms with Crippen LogP contribution >= 0.6 is 11.6 Å². The highest BCUT2D eigenvalue weighted by atomic mass is 35.5. The molecule has 1 heterocycles. The van der Waals surface area contributed by atoms with Crippen molar-refractivity contribution in [3.8, 4) is 0 Å². The molecule has 0 aromatic heterocycles. The molecule has 1 fully saturated rings. The molecule has 0 aliphatic carbocycles. The van der Waals surface area contributed by atoms with Gasteiger partial charge in [0.25, 0.3) is 0 Å². The molecule has 1 aliphatic rings. The Morgan fingerprint density at radius 1 is 1.47 bits per heavy atom. The van der Waals surface area contributed by atoms with E-state index in [0.29, 0.717) is 36.9 Å². The Balaban J connectivity index is 1.87. The molecule has 3 N–H and O–H groups in total. The first kappa shape index (κ1) is 12.8. The molecule has 1 aromatic rings. The topological polar surface area (TPSA) is 47.3 Å². The molecular weight excluding hydrogens is 243 g/mol. The van der Waals surface area contributed by atoms with E-state index >= 15 is 0 Å². The smallest absolute Gasteiger partial charge is 0.127 e. The van der Waals surface area contributed by atoms with Gasteiger partial charge in [0, 0.05) is 35.6 Å². The lowest BCUT2D eigenvalue weighted by molar-refractivity contribution is -0.105. The van der Waals surface area contributed by atoms with Crippen LogP contribution in [0.25, 0.3) is 0 Å². The molecule has 0 saturated carbocycles. The molecule has 1 aliphatic heterocycles. The fourth-order valence-electron chi connectivity index (χ4n) is 1.82. The molecule has 1 aromatic carbocycles. The second-order valence-corrected chi connectivity index (χ2v) is 4.97. The Morgan fingerprint density at radius 2 is 2.24 bits per heavy atom. The second-order valence-electron chi connectivity index (χ2n) is 4.54. The van der Waals surface area contributed by atoms with Gasteiger partial charge >= 0.3 is 0 Å². The van der Waals surface area contributed by atoms with Gasteiger partial charge in [0.15, 0.2) is 0 Å². The SMILES string of the molecule is NCC1(CNCc2cc(Cl)ccc2F)COC1. The monoisotopic (exact) mass is 258 g/mol. The maximum absolute atomic E-state index is 13.4. The number of nitrogens with two attached hydrogens (primary N) is 1. The first-order valence-corrected chi connectivity index (χ1v) is 5.95. The van der Waals surface area contributed by atoms with E-state index in [1.165, 1.54) is 6.07 Å². The number of halogens is 2. The van der Waals surface area contributed by atoms with Crippen molar-refractivity contribution < 1.29 is 9.13 Å². The normalized spacial score (nSPS) is 17.8. The maximum atomic E-state index is 13.4. The first-order valence-electron chi connectivity index (χ1n) is 5.58. The maximum Gasteiger partial charge on any atom is 0.127 e. The van der Waals surface area contributed by atoms with Gasteiger partial charge in [0.05, 0.1) is 13.2 Å². The van der Waals surface area contributed by atoms with Crippen molar-refractivity contribution in [2.75, 3.05) is 26.3 Å². The van der Waals surface area contributed by atoms with Gasteiger partial charge in [-0.3, -0.25) is 0 Å². The van der Waals surface area contributed by atoms with Gasteiger partial charge in [-0.05, 0) is 18.2 Å². The lowest BCUT2D eigenvalue weighted by Gasteiger charge is -2.40. The average Bonchev–Trinajstić information content (AvgIpc) is 2.27. The van der Waals surface area contributed by atoms with Crippen molar-refractivity contribution in [2.24, 2.45) is 11.1 Å². The molecule has 0 amide bonds. The first-order chi connectivity index (χ1) is 8.15. The van der Waals surface area contributed by atoms with Crippen molar-refractivity contribution in [3.05, 3.63) is 34.6 Å². The number of rotatable bonds is 5. The zero-order chi connectivity index (χ0) is 12.3. The largest absolute Gasteiger partial charge is 0.380 e. The molecule has 3 nitrogen and oxygen atoms in total. The quantitative estimate of drug-likeness (QED) is 0.842. The van der Waals surface area contributed by atoms with Gasteiger partial charge < -0.3 is 15.8 Å². The van der Waals surface area contributed by atoms with Gasteiger partial charge in [-0.2, -0.15) is 0 Å². The van der Waals surface area contributed by atoms with Gasteiger partial charge in [-0.1, -0.05) is 11.6 Å². The van der Waals surface area contributed by atoms with Crippen LogP contribution in [0.5, 0.6) is 0 Å². The minimum atomic E-state index is -0.242. The van der Waals surface area contributed by atoms with E-state index in [2.05, 4.69) is 5.32 Å². The Kier molecular flexibility index (Phi) is 3.99. The van der Waals surface area contributed by atoms with E-state index in [4.69, 9.17) is 22.1 Å². The minimum Gasteiger partial charge on any atom is -0.380 e. The summed E-state index contributed by atoms with van der Waals surface area (Å²) in [6.45, 7) is 3.12. The molecule has 0 bridgehead atoms. The summed E-state index contributed by atoms with van der Waals surface area (Å²) in [4.78, 5) is 0. The minimum absolute atomic E-state index is 0.0229. The number of hydrogen-bond acceptors (Lipinski definition) is 3. The Morgan fingerprint density at radius 3 is 2.82 bits per heavy atom. The molecule has 2 rings (SSSR count). The van der Waals surface area contributed by atoms with Crippen molar-refractivity contribution in [1.82, 2.24) is 5.32 Å². The van der Waals surface area contributed by atoms with Crippen LogP contribution in [0.15, 0.2) is 18.2 Å². The molecule has 0 atom stereocenters. The highest BCUT2D eigenvalue weighted by Crippen LogP contribution is 2.25. The zero-order valence-electron chi connectivity index (χ0n) is 9.51. The number of hydrogen-bond donors (Lipinski definition) is 2. The lowest BCUT2D eigenvalue weighted by atomic mass is 9.86. The van der Waals surface area contributed by atoms with E-state index < -0.39 is 0 Å². The van der Waals surface area contributed by atoms with Gasteiger partial charge in [-0.15, -0.1) is 0 Å². The zero-order valence-corrected chi connectivity index (χ0v) is 10.3. The van der Waals surface area contributed by atoms with E-state index in [1.807, 2.05) is 0 Å². The standard InChI is InChI=1S/C12H16ClFN2O/c13-10-1-2-11(14)9(3-10)4-16-6-12(5-15)7-17-8-12/h1-3,16H,4-8,15H2. The van der Waals surface area contributed by atoms with Crippen LogP contribution in [0.3, 0.4) is 0 Å².